The quantitative estimate of drug-likeness (QED) is 0.661. The van der Waals surface area contributed by atoms with Crippen LogP contribution >= 0.6 is 0 Å². The average molecular weight is 412 g/mol. The molecular weight excluding hydrogens is 397 g/mol. The number of nitrogens with one attached hydrogen (secondary N) is 3. The van der Waals surface area contributed by atoms with Crippen molar-refractivity contribution >= 4 is 28.9 Å². The number of benzene rings is 1. The number of nitrogens with zero attached hydrogens (tertiary/aromatic N) is 3. The molecule has 0 radical (unpaired) electrons. The molecule has 0 saturated carbocycles. The Morgan fingerprint density at radius 3 is 2.79 bits per heavy atom. The summed E-state index contributed by atoms with van der Waals surface area (Å²) < 4.78 is 52.5. The van der Waals surface area contributed by atoms with Crippen LogP contribution in [0.25, 0.3) is 0 Å². The Bertz CT molecular complexity index is 898. The van der Waals surface area contributed by atoms with E-state index in [1.165, 1.54) is 23.5 Å². The van der Waals surface area contributed by atoms with Crippen LogP contribution in [0.3, 0.4) is 0 Å². The molecule has 1 aliphatic rings. The summed E-state index contributed by atoms with van der Waals surface area (Å²) in [6.45, 7) is 0. The second kappa shape index (κ2) is 8.02. The number of anilines is 1. The monoisotopic (exact) mass is 412 g/mol. The summed E-state index contributed by atoms with van der Waals surface area (Å²) in [5.41, 5.74) is -0.387. The summed E-state index contributed by atoms with van der Waals surface area (Å²) >= 11 is -1.49. The van der Waals surface area contributed by atoms with Gasteiger partial charge in [0.05, 0.1) is 30.8 Å². The number of carbonyl (C=O) groups is 1. The van der Waals surface area contributed by atoms with Crippen molar-refractivity contribution < 1.29 is 22.5 Å². The third-order valence-electron chi connectivity index (χ3n) is 4.00. The molecule has 1 aromatic carbocycles. The predicted octanol–water partition coefficient (Wildman–Crippen LogP) is 1.98. The smallest absolute Gasteiger partial charge is 0.281 e. The van der Waals surface area contributed by atoms with Crippen molar-refractivity contribution in [2.24, 2.45) is 0 Å². The van der Waals surface area contributed by atoms with Gasteiger partial charge in [0.15, 0.2) is 5.75 Å². The highest BCUT2D eigenvalue weighted by atomic mass is 32.2. The van der Waals surface area contributed by atoms with Gasteiger partial charge in [0.25, 0.3) is 12.3 Å². The van der Waals surface area contributed by atoms with Crippen molar-refractivity contribution in [2.45, 2.75) is 12.5 Å². The van der Waals surface area contributed by atoms with Gasteiger partial charge in [-0.3, -0.25) is 15.2 Å². The van der Waals surface area contributed by atoms with Crippen molar-refractivity contribution in [1.29, 1.82) is 5.41 Å². The van der Waals surface area contributed by atoms with E-state index in [2.05, 4.69) is 20.6 Å². The predicted molar refractivity (Wildman–Crippen MR) is 95.7 cm³/mol. The van der Waals surface area contributed by atoms with E-state index in [-0.39, 0.29) is 28.7 Å². The van der Waals surface area contributed by atoms with Crippen LogP contribution in [-0.4, -0.2) is 43.5 Å². The molecule has 2 atom stereocenters. The van der Waals surface area contributed by atoms with Gasteiger partial charge in [0.2, 0.25) is 5.96 Å². The number of aromatic nitrogens is 2. The van der Waals surface area contributed by atoms with E-state index in [1.807, 2.05) is 0 Å². The minimum Gasteiger partial charge on any atom is -0.593 e. The van der Waals surface area contributed by atoms with Crippen molar-refractivity contribution in [3.8, 4) is 0 Å². The first-order valence-electron chi connectivity index (χ1n) is 7.94. The Labute approximate surface area is 161 Å². The molecule has 3 rings (SSSR count). The largest absolute Gasteiger partial charge is 0.593 e. The minimum atomic E-state index is -2.80. The van der Waals surface area contributed by atoms with Crippen LogP contribution in [0.5, 0.6) is 0 Å². The first-order valence-corrected chi connectivity index (χ1v) is 9.22. The second-order valence-electron chi connectivity index (χ2n) is 5.85. The number of guanidine groups is 1. The molecule has 1 aromatic heterocycles. The number of halogens is 3. The lowest BCUT2D eigenvalue weighted by molar-refractivity contribution is 0.102. The Morgan fingerprint density at radius 1 is 1.43 bits per heavy atom. The molecule has 1 amide bonds. The second-order valence-corrected chi connectivity index (χ2v) is 7.37. The van der Waals surface area contributed by atoms with Gasteiger partial charge in [-0.2, -0.15) is 4.31 Å². The highest BCUT2D eigenvalue weighted by Crippen LogP contribution is 2.26. The van der Waals surface area contributed by atoms with E-state index in [9.17, 15) is 22.5 Å². The van der Waals surface area contributed by atoms with Gasteiger partial charge >= 0.3 is 0 Å². The Balaban J connectivity index is 1.77. The topological polar surface area (TPSA) is 117 Å². The minimum absolute atomic E-state index is 0.0494. The van der Waals surface area contributed by atoms with Crippen LogP contribution in [0.15, 0.2) is 30.6 Å². The number of hydrogen-bond acceptors (Lipinski definition) is 5. The highest BCUT2D eigenvalue weighted by molar-refractivity contribution is 7.89. The maximum Gasteiger partial charge on any atom is 0.281 e. The van der Waals surface area contributed by atoms with Crippen molar-refractivity contribution in [1.82, 2.24) is 19.6 Å². The zero-order valence-electron chi connectivity index (χ0n) is 14.4. The third kappa shape index (κ3) is 4.17. The van der Waals surface area contributed by atoms with Crippen molar-refractivity contribution in [2.75, 3.05) is 18.1 Å². The summed E-state index contributed by atoms with van der Waals surface area (Å²) in [5.74, 6) is -1.37. The third-order valence-corrected chi connectivity index (χ3v) is 5.41. The average Bonchev–Trinajstić information content (AvgIpc) is 2.67. The molecule has 0 spiro atoms. The lowest BCUT2D eigenvalue weighted by Crippen LogP contribution is -2.52. The van der Waals surface area contributed by atoms with E-state index < -0.39 is 41.2 Å². The molecule has 2 aromatic rings. The van der Waals surface area contributed by atoms with Crippen molar-refractivity contribution in [3.05, 3.63) is 53.4 Å². The van der Waals surface area contributed by atoms with Gasteiger partial charge in [-0.05, 0) is 18.2 Å². The molecule has 8 nitrogen and oxygen atoms in total. The summed E-state index contributed by atoms with van der Waals surface area (Å²) in [6.07, 6.45) is -1.07. The number of amides is 1. The standard InChI is InChI=1S/C16H15F3N6O2S/c1-25-16(20)24-13(7-28(25)27)9-4-8(2-3-10(9)17)23-15(26)12-6-21-11(5-22-12)14(18)19/h2-6,13-14H,7H2,1H3,(H2,20,24)(H,23,26). The molecule has 28 heavy (non-hydrogen) atoms. The highest BCUT2D eigenvalue weighted by Gasteiger charge is 2.33. The van der Waals surface area contributed by atoms with Crippen molar-refractivity contribution in [3.63, 3.8) is 0 Å². The zero-order chi connectivity index (χ0) is 20.4. The Hall–Kier alpha value is -2.86. The van der Waals surface area contributed by atoms with Gasteiger partial charge in [0.1, 0.15) is 23.2 Å². The maximum atomic E-state index is 14.3. The van der Waals surface area contributed by atoms with Crippen LogP contribution in [0.1, 0.15) is 34.2 Å². The van der Waals surface area contributed by atoms with Gasteiger partial charge in [-0.25, -0.2) is 18.2 Å². The fraction of sp³-hybridized carbons (Fsp3) is 0.250. The maximum absolute atomic E-state index is 14.3. The van der Waals surface area contributed by atoms with E-state index in [0.29, 0.717) is 0 Å². The zero-order valence-corrected chi connectivity index (χ0v) is 15.3. The summed E-state index contributed by atoms with van der Waals surface area (Å²) in [4.78, 5) is 19.3. The van der Waals surface area contributed by atoms with Gasteiger partial charge in [0, 0.05) is 11.3 Å². The molecule has 3 N–H and O–H groups in total. The van der Waals surface area contributed by atoms with Crippen LogP contribution in [0.4, 0.5) is 18.9 Å². The van der Waals surface area contributed by atoms with E-state index >= 15 is 0 Å². The molecule has 148 valence electrons. The fourth-order valence-electron chi connectivity index (χ4n) is 2.47. The fourth-order valence-corrected chi connectivity index (χ4v) is 3.50. The van der Waals surface area contributed by atoms with Gasteiger partial charge in [-0.1, -0.05) is 0 Å². The molecule has 1 aliphatic heterocycles. The number of rotatable bonds is 4. The number of carbonyl (C=O) groups excluding carboxylic acids is 1. The van der Waals surface area contributed by atoms with Crippen LogP contribution in [-0.2, 0) is 11.4 Å². The molecule has 1 fully saturated rings. The van der Waals surface area contributed by atoms with E-state index in [0.717, 1.165) is 18.5 Å². The van der Waals surface area contributed by atoms with Gasteiger partial charge in [-0.15, -0.1) is 0 Å². The normalized spacial score (nSPS) is 19.5. The first kappa shape index (κ1) is 19.9. The van der Waals surface area contributed by atoms with E-state index in [4.69, 9.17) is 5.41 Å². The molecule has 0 bridgehead atoms. The van der Waals surface area contributed by atoms with Gasteiger partial charge < -0.3 is 15.2 Å². The summed E-state index contributed by atoms with van der Waals surface area (Å²) in [6, 6.07) is 3.08. The molecular formula is C16H15F3N6O2S. The Morgan fingerprint density at radius 2 is 2.18 bits per heavy atom. The molecule has 0 aliphatic carbocycles. The number of hydrogen-bond donors (Lipinski definition) is 3. The lowest BCUT2D eigenvalue weighted by Gasteiger charge is -2.33. The number of alkyl halides is 2. The summed E-state index contributed by atoms with van der Waals surface area (Å²) in [5, 5.41) is 13.0. The summed E-state index contributed by atoms with van der Waals surface area (Å²) in [7, 11) is 1.48. The van der Waals surface area contributed by atoms with Crippen LogP contribution < -0.4 is 10.6 Å². The SMILES string of the molecule is CN1C(=N)NC(c2cc(NC(=O)c3cnc(C(F)F)cn3)ccc2F)C[S+]1[O-]. The van der Waals surface area contributed by atoms with Crippen LogP contribution in [0.2, 0.25) is 0 Å². The van der Waals surface area contributed by atoms with E-state index in [1.54, 1.807) is 0 Å². The Kier molecular flexibility index (Phi) is 5.70. The van der Waals surface area contributed by atoms with Crippen LogP contribution in [0, 0.1) is 11.2 Å². The molecule has 2 heterocycles. The molecule has 1 saturated heterocycles. The lowest BCUT2D eigenvalue weighted by atomic mass is 10.1. The first-order chi connectivity index (χ1) is 13.3. The molecule has 2 unspecified atom stereocenters. The molecule has 12 heteroatoms.